The number of fused-ring (bicyclic) bond motifs is 1. The number of nitrogens with zero attached hydrogens (tertiary/aromatic N) is 4. The van der Waals surface area contributed by atoms with Crippen molar-refractivity contribution in [3.63, 3.8) is 0 Å². The van der Waals surface area contributed by atoms with Crippen molar-refractivity contribution in [2.24, 2.45) is 0 Å². The van der Waals surface area contributed by atoms with Crippen LogP contribution in [-0.4, -0.2) is 62.5 Å². The summed E-state index contributed by atoms with van der Waals surface area (Å²) in [5.74, 6) is -0.175. The monoisotopic (exact) mass is 316 g/mol. The number of hydrogen-bond acceptors (Lipinski definition) is 4. The van der Waals surface area contributed by atoms with Crippen molar-refractivity contribution in [1.82, 2.24) is 19.2 Å². The number of carbonyl (C=O) groups is 1. The Bertz CT molecular complexity index is 715. The van der Waals surface area contributed by atoms with Crippen molar-refractivity contribution >= 4 is 11.6 Å². The first-order valence-corrected chi connectivity index (χ1v) is 8.09. The van der Waals surface area contributed by atoms with E-state index in [1.807, 2.05) is 6.92 Å². The van der Waals surface area contributed by atoms with E-state index in [1.54, 1.807) is 4.90 Å². The van der Waals surface area contributed by atoms with Crippen molar-refractivity contribution in [3.8, 4) is 0 Å². The van der Waals surface area contributed by atoms with Gasteiger partial charge in [0.25, 0.3) is 5.91 Å². The van der Waals surface area contributed by atoms with Crippen molar-refractivity contribution in [2.75, 3.05) is 26.2 Å². The second-order valence-electron chi connectivity index (χ2n) is 6.35. The van der Waals surface area contributed by atoms with Gasteiger partial charge in [-0.1, -0.05) is 0 Å². The molecule has 1 aliphatic rings. The Balaban J connectivity index is 1.70. The van der Waals surface area contributed by atoms with Gasteiger partial charge < -0.3 is 14.4 Å². The van der Waals surface area contributed by atoms with Crippen LogP contribution in [0.5, 0.6) is 0 Å². The van der Waals surface area contributed by atoms with Crippen molar-refractivity contribution < 1.29 is 9.90 Å². The van der Waals surface area contributed by atoms with E-state index in [9.17, 15) is 9.90 Å². The fourth-order valence-corrected chi connectivity index (χ4v) is 3.11. The minimum absolute atomic E-state index is 0.175. The topological polar surface area (TPSA) is 61.1 Å². The predicted octanol–water partition coefficient (Wildman–Crippen LogP) is 0.976. The van der Waals surface area contributed by atoms with Gasteiger partial charge in [-0.2, -0.15) is 0 Å². The molecule has 0 aliphatic carbocycles. The highest BCUT2D eigenvalue weighted by Gasteiger charge is 2.24. The van der Waals surface area contributed by atoms with Gasteiger partial charge in [0, 0.05) is 38.9 Å². The lowest BCUT2D eigenvalue weighted by Crippen LogP contribution is -2.50. The molecule has 0 aromatic carbocycles. The van der Waals surface area contributed by atoms with Gasteiger partial charge in [0.1, 0.15) is 11.8 Å². The number of aromatic nitrogens is 2. The van der Waals surface area contributed by atoms with E-state index < -0.39 is 6.10 Å². The number of aryl methyl sites for hydroxylation is 2. The van der Waals surface area contributed by atoms with Gasteiger partial charge in [0.15, 0.2) is 0 Å². The number of pyridine rings is 1. The lowest BCUT2D eigenvalue weighted by Gasteiger charge is -2.35. The molecular weight excluding hydrogens is 292 g/mol. The summed E-state index contributed by atoms with van der Waals surface area (Å²) in [5.41, 5.74) is 4.45. The van der Waals surface area contributed by atoms with Crippen LogP contribution in [0, 0.1) is 13.8 Å². The number of amides is 1. The van der Waals surface area contributed by atoms with Crippen LogP contribution < -0.4 is 0 Å². The molecule has 1 N–H and O–H groups in total. The Kier molecular flexibility index (Phi) is 4.37. The number of imidazole rings is 1. The second kappa shape index (κ2) is 6.29. The lowest BCUT2D eigenvalue weighted by atomic mass is 10.2. The maximum atomic E-state index is 11.8. The van der Waals surface area contributed by atoms with Crippen molar-refractivity contribution in [1.29, 1.82) is 0 Å². The minimum Gasteiger partial charge on any atom is -0.384 e. The molecule has 1 fully saturated rings. The van der Waals surface area contributed by atoms with E-state index in [2.05, 4.69) is 39.5 Å². The SMILES string of the molecule is Cc1ccn2c(CN3CCN(C(=O)C(C)O)CC3)c(C)nc2c1. The fourth-order valence-electron chi connectivity index (χ4n) is 3.11. The lowest BCUT2D eigenvalue weighted by molar-refractivity contribution is -0.141. The molecular formula is C17H24N4O2. The zero-order chi connectivity index (χ0) is 16.6. The van der Waals surface area contributed by atoms with Gasteiger partial charge in [0.2, 0.25) is 0 Å². The highest BCUT2D eigenvalue weighted by molar-refractivity contribution is 5.80. The van der Waals surface area contributed by atoms with Crippen LogP contribution in [0.4, 0.5) is 0 Å². The zero-order valence-corrected chi connectivity index (χ0v) is 14.0. The summed E-state index contributed by atoms with van der Waals surface area (Å²) in [4.78, 5) is 20.5. The normalized spacial score (nSPS) is 17.7. The molecule has 6 heteroatoms. The van der Waals surface area contributed by atoms with E-state index in [0.717, 1.165) is 31.0 Å². The predicted molar refractivity (Wildman–Crippen MR) is 88.2 cm³/mol. The van der Waals surface area contributed by atoms with E-state index in [0.29, 0.717) is 13.1 Å². The number of rotatable bonds is 3. The Morgan fingerprint density at radius 1 is 1.30 bits per heavy atom. The van der Waals surface area contributed by atoms with Crippen molar-refractivity contribution in [2.45, 2.75) is 33.4 Å². The molecule has 6 nitrogen and oxygen atoms in total. The number of piperazine rings is 1. The Morgan fingerprint density at radius 2 is 2.00 bits per heavy atom. The molecule has 2 aromatic heterocycles. The summed E-state index contributed by atoms with van der Waals surface area (Å²) < 4.78 is 2.15. The quantitative estimate of drug-likeness (QED) is 0.917. The molecule has 1 aliphatic heterocycles. The van der Waals surface area contributed by atoms with Gasteiger partial charge >= 0.3 is 0 Å². The molecule has 3 heterocycles. The smallest absolute Gasteiger partial charge is 0.251 e. The number of aliphatic hydroxyl groups excluding tert-OH is 1. The van der Waals surface area contributed by atoms with Gasteiger partial charge in [-0.3, -0.25) is 9.69 Å². The first-order chi connectivity index (χ1) is 11.0. The van der Waals surface area contributed by atoms with E-state index in [1.165, 1.54) is 18.2 Å². The molecule has 0 radical (unpaired) electrons. The van der Waals surface area contributed by atoms with Gasteiger partial charge in [-0.05, 0) is 38.5 Å². The third-order valence-electron chi connectivity index (χ3n) is 4.50. The Labute approximate surface area is 136 Å². The van der Waals surface area contributed by atoms with Crippen LogP contribution >= 0.6 is 0 Å². The molecule has 0 saturated carbocycles. The summed E-state index contributed by atoms with van der Waals surface area (Å²) in [5, 5.41) is 9.41. The summed E-state index contributed by atoms with van der Waals surface area (Å²) in [7, 11) is 0. The van der Waals surface area contributed by atoms with Crippen LogP contribution in [0.25, 0.3) is 5.65 Å². The third-order valence-corrected chi connectivity index (χ3v) is 4.50. The molecule has 124 valence electrons. The largest absolute Gasteiger partial charge is 0.384 e. The molecule has 2 aromatic rings. The first kappa shape index (κ1) is 16.0. The average molecular weight is 316 g/mol. The number of hydrogen-bond donors (Lipinski definition) is 1. The maximum absolute atomic E-state index is 11.8. The highest BCUT2D eigenvalue weighted by Crippen LogP contribution is 2.16. The molecule has 23 heavy (non-hydrogen) atoms. The molecule has 1 unspecified atom stereocenters. The minimum atomic E-state index is -0.911. The average Bonchev–Trinajstić information content (AvgIpc) is 2.82. The van der Waals surface area contributed by atoms with Crippen LogP contribution in [0.1, 0.15) is 23.9 Å². The molecule has 1 atom stereocenters. The van der Waals surface area contributed by atoms with Crippen LogP contribution in [-0.2, 0) is 11.3 Å². The molecule has 1 amide bonds. The molecule has 0 bridgehead atoms. The Morgan fingerprint density at radius 3 is 2.65 bits per heavy atom. The van der Waals surface area contributed by atoms with Gasteiger partial charge in [0.05, 0.1) is 11.4 Å². The molecule has 3 rings (SSSR count). The van der Waals surface area contributed by atoms with Crippen molar-refractivity contribution in [3.05, 3.63) is 35.3 Å². The zero-order valence-electron chi connectivity index (χ0n) is 14.0. The van der Waals surface area contributed by atoms with Crippen LogP contribution in [0.3, 0.4) is 0 Å². The van der Waals surface area contributed by atoms with Gasteiger partial charge in [-0.25, -0.2) is 4.98 Å². The third kappa shape index (κ3) is 3.23. The fraction of sp³-hybridized carbons (Fsp3) is 0.529. The second-order valence-corrected chi connectivity index (χ2v) is 6.35. The van der Waals surface area contributed by atoms with E-state index in [4.69, 9.17) is 0 Å². The molecule has 0 spiro atoms. The summed E-state index contributed by atoms with van der Waals surface area (Å²) in [6.45, 7) is 9.43. The first-order valence-electron chi connectivity index (χ1n) is 8.09. The maximum Gasteiger partial charge on any atom is 0.251 e. The summed E-state index contributed by atoms with van der Waals surface area (Å²) in [6, 6.07) is 4.19. The standard InChI is InChI=1S/C17H24N4O2/c1-12-4-5-21-15(13(2)18-16(21)10-12)11-19-6-8-20(9-7-19)17(23)14(3)22/h4-5,10,14,22H,6-9,11H2,1-3H3. The van der Waals surface area contributed by atoms with E-state index >= 15 is 0 Å². The van der Waals surface area contributed by atoms with E-state index in [-0.39, 0.29) is 5.91 Å². The summed E-state index contributed by atoms with van der Waals surface area (Å²) in [6.07, 6.45) is 1.17. The van der Waals surface area contributed by atoms with Gasteiger partial charge in [-0.15, -0.1) is 0 Å². The number of carbonyl (C=O) groups excluding carboxylic acids is 1. The van der Waals surface area contributed by atoms with Crippen LogP contribution in [0.2, 0.25) is 0 Å². The summed E-state index contributed by atoms with van der Waals surface area (Å²) >= 11 is 0. The van der Waals surface area contributed by atoms with Crippen LogP contribution in [0.15, 0.2) is 18.3 Å². The molecule has 1 saturated heterocycles. The highest BCUT2D eigenvalue weighted by atomic mass is 16.3. The number of aliphatic hydroxyl groups is 1. The Hall–Kier alpha value is -1.92.